The molecule has 138 valence electrons. The van der Waals surface area contributed by atoms with Crippen molar-refractivity contribution < 1.29 is 9.18 Å². The maximum Gasteiger partial charge on any atom is 0.244 e. The van der Waals surface area contributed by atoms with Crippen molar-refractivity contribution in [2.24, 2.45) is 0 Å². The first kappa shape index (κ1) is 18.6. The average Bonchev–Trinajstić information content (AvgIpc) is 3.12. The third-order valence-corrected chi connectivity index (χ3v) is 4.30. The summed E-state index contributed by atoms with van der Waals surface area (Å²) in [4.78, 5) is 12.1. The van der Waals surface area contributed by atoms with Crippen LogP contribution >= 0.6 is 0 Å². The summed E-state index contributed by atoms with van der Waals surface area (Å²) in [6.45, 7) is 3.98. The van der Waals surface area contributed by atoms with E-state index < -0.39 is 0 Å². The molecular weight excluding hydrogens is 341 g/mol. The van der Waals surface area contributed by atoms with Gasteiger partial charge >= 0.3 is 0 Å². The number of benzene rings is 2. The number of halogens is 1. The van der Waals surface area contributed by atoms with Crippen LogP contribution in [-0.4, -0.2) is 21.7 Å². The van der Waals surface area contributed by atoms with Gasteiger partial charge in [-0.15, -0.1) is 0 Å². The van der Waals surface area contributed by atoms with Crippen molar-refractivity contribution in [3.05, 3.63) is 78.3 Å². The van der Waals surface area contributed by atoms with Gasteiger partial charge in [0.25, 0.3) is 0 Å². The van der Waals surface area contributed by atoms with E-state index in [1.807, 2.05) is 50.4 Å². The van der Waals surface area contributed by atoms with E-state index in [4.69, 9.17) is 0 Å². The van der Waals surface area contributed by atoms with E-state index in [0.29, 0.717) is 5.69 Å². The Bertz CT molecular complexity index is 930. The fourth-order valence-corrected chi connectivity index (χ4v) is 2.61. The van der Waals surface area contributed by atoms with Crippen molar-refractivity contribution in [1.29, 1.82) is 0 Å². The summed E-state index contributed by atoms with van der Waals surface area (Å²) >= 11 is 0. The lowest BCUT2D eigenvalue weighted by molar-refractivity contribution is -0.117. The number of nitrogens with one attached hydrogen (secondary N) is 1. The highest BCUT2D eigenvalue weighted by molar-refractivity contribution is 5.93. The number of carbonyl (C=O) groups excluding carboxylic acids is 1. The molecule has 3 aromatic rings. The predicted octanol–water partition coefficient (Wildman–Crippen LogP) is 4.61. The Labute approximate surface area is 158 Å². The van der Waals surface area contributed by atoms with Crippen molar-refractivity contribution in [3.8, 4) is 16.9 Å². The Hall–Kier alpha value is -3.21. The molecule has 0 radical (unpaired) electrons. The Morgan fingerprint density at radius 2 is 1.89 bits per heavy atom. The van der Waals surface area contributed by atoms with E-state index >= 15 is 0 Å². The van der Waals surface area contributed by atoms with Gasteiger partial charge in [-0.3, -0.25) is 4.79 Å². The second kappa shape index (κ2) is 8.45. The van der Waals surface area contributed by atoms with Crippen molar-refractivity contribution in [1.82, 2.24) is 15.1 Å². The first-order valence-corrected chi connectivity index (χ1v) is 8.96. The summed E-state index contributed by atoms with van der Waals surface area (Å²) in [5.74, 6) is -0.451. The smallest absolute Gasteiger partial charge is 0.244 e. The second-order valence-electron chi connectivity index (χ2n) is 6.37. The van der Waals surface area contributed by atoms with E-state index in [9.17, 15) is 9.18 Å². The molecule has 0 aliphatic heterocycles. The van der Waals surface area contributed by atoms with Gasteiger partial charge in [0.2, 0.25) is 5.91 Å². The molecule has 2 aromatic carbocycles. The number of hydrogen-bond donors (Lipinski definition) is 1. The van der Waals surface area contributed by atoms with Crippen molar-refractivity contribution in [3.63, 3.8) is 0 Å². The van der Waals surface area contributed by atoms with Crippen LogP contribution in [0.25, 0.3) is 23.0 Å². The normalized spacial score (nSPS) is 12.3. The molecule has 0 aliphatic rings. The minimum Gasteiger partial charge on any atom is -0.350 e. The zero-order valence-electron chi connectivity index (χ0n) is 15.4. The lowest BCUT2D eigenvalue weighted by Crippen LogP contribution is -2.30. The highest BCUT2D eigenvalue weighted by Crippen LogP contribution is 2.25. The number of hydrogen-bond acceptors (Lipinski definition) is 2. The fourth-order valence-electron chi connectivity index (χ4n) is 2.61. The molecule has 1 N–H and O–H groups in total. The Kier molecular flexibility index (Phi) is 5.81. The molecule has 1 aromatic heterocycles. The number of rotatable bonds is 6. The summed E-state index contributed by atoms with van der Waals surface area (Å²) in [5, 5.41) is 7.55. The zero-order valence-corrected chi connectivity index (χ0v) is 15.4. The van der Waals surface area contributed by atoms with Crippen LogP contribution in [0.5, 0.6) is 0 Å². The van der Waals surface area contributed by atoms with Crippen molar-refractivity contribution in [2.75, 3.05) is 0 Å². The molecule has 0 fully saturated rings. The molecule has 0 saturated carbocycles. The molecule has 0 spiro atoms. The fraction of sp³-hybridized carbons (Fsp3) is 0.182. The molecule has 3 rings (SSSR count). The van der Waals surface area contributed by atoms with E-state index in [-0.39, 0.29) is 17.8 Å². The van der Waals surface area contributed by atoms with Crippen LogP contribution in [0.3, 0.4) is 0 Å². The van der Waals surface area contributed by atoms with E-state index in [0.717, 1.165) is 23.2 Å². The summed E-state index contributed by atoms with van der Waals surface area (Å²) in [6.07, 6.45) is 5.97. The van der Waals surface area contributed by atoms with Gasteiger partial charge in [0.05, 0.1) is 11.4 Å². The number of carbonyl (C=O) groups is 1. The van der Waals surface area contributed by atoms with Gasteiger partial charge in [-0.2, -0.15) is 5.10 Å². The van der Waals surface area contributed by atoms with Gasteiger partial charge < -0.3 is 5.32 Å². The van der Waals surface area contributed by atoms with Gasteiger partial charge in [-0.1, -0.05) is 25.1 Å². The van der Waals surface area contributed by atoms with Crippen LogP contribution in [0.4, 0.5) is 4.39 Å². The maximum atomic E-state index is 13.3. The van der Waals surface area contributed by atoms with E-state index in [2.05, 4.69) is 10.4 Å². The Morgan fingerprint density at radius 1 is 1.19 bits per heavy atom. The number of para-hydroxylation sites is 1. The topological polar surface area (TPSA) is 46.9 Å². The molecule has 1 unspecified atom stereocenters. The molecule has 5 heteroatoms. The van der Waals surface area contributed by atoms with Gasteiger partial charge in [0.15, 0.2) is 0 Å². The molecule has 1 atom stereocenters. The first-order valence-electron chi connectivity index (χ1n) is 8.96. The van der Waals surface area contributed by atoms with E-state index in [1.165, 1.54) is 18.2 Å². The SMILES string of the molecule is CCC(C)NC(=O)/C=C/c1cn(-c2ccccc2)nc1-c1ccc(F)cc1. The minimum absolute atomic E-state index is 0.116. The highest BCUT2D eigenvalue weighted by Gasteiger charge is 2.11. The summed E-state index contributed by atoms with van der Waals surface area (Å²) in [6, 6.07) is 16.0. The number of nitrogens with zero attached hydrogens (tertiary/aromatic N) is 2. The van der Waals surface area contributed by atoms with Crippen LogP contribution in [0, 0.1) is 5.82 Å². The van der Waals surface area contributed by atoms with Gasteiger partial charge in [-0.05, 0) is 55.8 Å². The van der Waals surface area contributed by atoms with Crippen LogP contribution in [0.2, 0.25) is 0 Å². The largest absolute Gasteiger partial charge is 0.350 e. The molecule has 1 amide bonds. The van der Waals surface area contributed by atoms with Gasteiger partial charge in [0.1, 0.15) is 5.82 Å². The van der Waals surface area contributed by atoms with Crippen LogP contribution < -0.4 is 5.32 Å². The molecule has 4 nitrogen and oxygen atoms in total. The van der Waals surface area contributed by atoms with E-state index in [1.54, 1.807) is 22.9 Å². The quantitative estimate of drug-likeness (QED) is 0.650. The van der Waals surface area contributed by atoms with Crippen LogP contribution in [0.1, 0.15) is 25.8 Å². The highest BCUT2D eigenvalue weighted by atomic mass is 19.1. The maximum absolute atomic E-state index is 13.3. The van der Waals surface area contributed by atoms with Gasteiger partial charge in [0, 0.05) is 29.4 Å². The molecular formula is C22H22FN3O. The van der Waals surface area contributed by atoms with Gasteiger partial charge in [-0.25, -0.2) is 9.07 Å². The molecule has 0 saturated heterocycles. The second-order valence-corrected chi connectivity index (χ2v) is 6.37. The predicted molar refractivity (Wildman–Crippen MR) is 106 cm³/mol. The number of amides is 1. The number of aromatic nitrogens is 2. The average molecular weight is 363 g/mol. The Morgan fingerprint density at radius 3 is 2.56 bits per heavy atom. The minimum atomic E-state index is -0.300. The summed E-state index contributed by atoms with van der Waals surface area (Å²) in [5.41, 5.74) is 3.16. The van der Waals surface area contributed by atoms with Crippen molar-refractivity contribution >= 4 is 12.0 Å². The molecule has 27 heavy (non-hydrogen) atoms. The molecule has 1 heterocycles. The third-order valence-electron chi connectivity index (χ3n) is 4.30. The lowest BCUT2D eigenvalue weighted by atomic mass is 10.1. The first-order chi connectivity index (χ1) is 13.1. The van der Waals surface area contributed by atoms with Crippen molar-refractivity contribution in [2.45, 2.75) is 26.3 Å². The summed E-state index contributed by atoms with van der Waals surface area (Å²) < 4.78 is 15.0. The lowest BCUT2D eigenvalue weighted by Gasteiger charge is -2.08. The third kappa shape index (κ3) is 4.70. The molecule has 0 aliphatic carbocycles. The van der Waals surface area contributed by atoms with Crippen LogP contribution in [-0.2, 0) is 4.79 Å². The zero-order chi connectivity index (χ0) is 19.2. The summed E-state index contributed by atoms with van der Waals surface area (Å²) in [7, 11) is 0. The van der Waals surface area contributed by atoms with Crippen LogP contribution in [0.15, 0.2) is 66.9 Å². The monoisotopic (exact) mass is 363 g/mol. The molecule has 0 bridgehead atoms. The standard InChI is InChI=1S/C22H22FN3O/c1-3-16(2)24-21(27)14-11-18-15-26(20-7-5-4-6-8-20)25-22(18)17-9-12-19(23)13-10-17/h4-16H,3H2,1-2H3,(H,24,27)/b14-11+. The Balaban J connectivity index is 1.96.